The van der Waals surface area contributed by atoms with Crippen LogP contribution in [0, 0.1) is 23.7 Å². The largest absolute Gasteiger partial charge is 0.453 e. The van der Waals surface area contributed by atoms with Gasteiger partial charge in [0.25, 0.3) is 0 Å². The number of aliphatic hydroxyl groups excluding tert-OH is 3. The van der Waals surface area contributed by atoms with Crippen LogP contribution in [0.1, 0.15) is 374 Å². The minimum atomic E-state index is -0.405. The van der Waals surface area contributed by atoms with E-state index >= 15 is 0 Å². The molecule has 0 aliphatic carbocycles. The summed E-state index contributed by atoms with van der Waals surface area (Å²) in [5.41, 5.74) is 4.93. The van der Waals surface area contributed by atoms with Gasteiger partial charge in [0.2, 0.25) is 0 Å². The third-order valence-electron chi connectivity index (χ3n) is 27.0. The first-order valence-corrected chi connectivity index (χ1v) is 50.7. The lowest BCUT2D eigenvalue weighted by Crippen LogP contribution is -2.57. The Labute approximate surface area is 785 Å². The highest BCUT2D eigenvalue weighted by atomic mass is 16.5. The number of nitrogens with one attached hydrogen (secondary N) is 2. The van der Waals surface area contributed by atoms with Gasteiger partial charge in [-0.05, 0) is 382 Å². The second kappa shape index (κ2) is 57.4. The van der Waals surface area contributed by atoms with E-state index in [1.54, 1.807) is 5.57 Å². The molecule has 7 unspecified atom stereocenters. The molecule has 1 amide bonds. The van der Waals surface area contributed by atoms with Gasteiger partial charge in [-0.1, -0.05) is 66.5 Å². The fourth-order valence-electron chi connectivity index (χ4n) is 17.6. The average Bonchev–Trinajstić information content (AvgIpc) is 1.73. The minimum absolute atomic E-state index is 0. The van der Waals surface area contributed by atoms with Crippen molar-refractivity contribution in [2.24, 2.45) is 23.7 Å². The van der Waals surface area contributed by atoms with Crippen LogP contribution in [0.5, 0.6) is 0 Å². The summed E-state index contributed by atoms with van der Waals surface area (Å²) in [5, 5.41) is 33.9. The summed E-state index contributed by atoms with van der Waals surface area (Å²) in [6.45, 7) is 118. The number of hydrogen-bond donors (Lipinski definition) is 5. The first-order chi connectivity index (χ1) is 57.1. The van der Waals surface area contributed by atoms with Crippen LogP contribution in [-0.2, 0) is 14.2 Å². The van der Waals surface area contributed by atoms with Gasteiger partial charge in [-0.3, -0.25) is 53.9 Å². The van der Waals surface area contributed by atoms with Crippen LogP contribution < -0.4 is 10.6 Å². The summed E-state index contributed by atoms with van der Waals surface area (Å²) in [6, 6.07) is 0.434. The molecule has 11 heterocycles. The van der Waals surface area contributed by atoms with Gasteiger partial charge in [0.05, 0.1) is 51.8 Å². The second-order valence-electron chi connectivity index (χ2n) is 50.3. The summed E-state index contributed by atoms with van der Waals surface area (Å²) >= 11 is 0. The SMILES string of the molecule is C.CC(C)(C)N1CCCCC(O)C1.CC(C)(C)N1CCCCCC1.CC(C)(C)N1CCNC(CO)C1.CC1=CCN(C(C)(C)C)CC1.CC1CCCN(C(C)(C)C)C1.CC1CCN(C(C)(C)C)CC1.CC1CN(C(C)(C)C)C1.CC1CN(C(C)(C)C)C1.CC1CN(C(C)(C)C)CCO1.CCC1CN(C(C)(C)C)CCO1.COC(=O)NC1CC(CO)N(C(C)(C)C)C1. The van der Waals surface area contributed by atoms with E-state index in [0.29, 0.717) is 56.5 Å². The third kappa shape index (κ3) is 53.0. The van der Waals surface area contributed by atoms with Gasteiger partial charge in [-0.25, -0.2) is 4.79 Å². The molecular formula is C106H223N13O7. The zero-order valence-electron chi connectivity index (χ0n) is 91.0. The molecule has 11 rings (SSSR count). The van der Waals surface area contributed by atoms with Crippen molar-refractivity contribution in [2.45, 2.75) is 472 Å². The Morgan fingerprint density at radius 3 is 1.17 bits per heavy atom. The van der Waals surface area contributed by atoms with Crippen LogP contribution in [0.3, 0.4) is 0 Å². The molecular weight excluding hydrogens is 1570 g/mol. The van der Waals surface area contributed by atoms with Crippen molar-refractivity contribution < 1.29 is 34.3 Å². The maximum Gasteiger partial charge on any atom is 0.407 e. The zero-order chi connectivity index (χ0) is 96.3. The van der Waals surface area contributed by atoms with Crippen molar-refractivity contribution >= 4 is 6.09 Å². The van der Waals surface area contributed by atoms with E-state index in [1.165, 1.54) is 150 Å². The Morgan fingerprint density at radius 1 is 0.413 bits per heavy atom. The van der Waals surface area contributed by atoms with Gasteiger partial charge in [0, 0.05) is 184 Å². The van der Waals surface area contributed by atoms with Crippen molar-refractivity contribution in [1.29, 1.82) is 0 Å². The number of hydrogen-bond acceptors (Lipinski definition) is 19. The molecule has 20 nitrogen and oxygen atoms in total. The highest BCUT2D eigenvalue weighted by molar-refractivity contribution is 5.67. The molecule has 0 aromatic heterocycles. The van der Waals surface area contributed by atoms with Gasteiger partial charge in [0.1, 0.15) is 0 Å². The Bertz CT molecular complexity index is 2690. The van der Waals surface area contributed by atoms with E-state index in [2.05, 4.69) is 352 Å². The van der Waals surface area contributed by atoms with Crippen LogP contribution >= 0.6 is 0 Å². The number of nitrogens with zero attached hydrogens (tertiary/aromatic N) is 11. The normalized spacial score (nSPS) is 25.8. The Morgan fingerprint density at radius 2 is 0.810 bits per heavy atom. The van der Waals surface area contributed by atoms with Crippen LogP contribution in [0.4, 0.5) is 4.79 Å². The number of likely N-dealkylation sites (tertiary alicyclic amines) is 7. The van der Waals surface area contributed by atoms with E-state index in [1.807, 2.05) is 0 Å². The molecule has 0 saturated carbocycles. The van der Waals surface area contributed by atoms with E-state index in [0.717, 1.165) is 128 Å². The van der Waals surface area contributed by atoms with Crippen molar-refractivity contribution in [3.63, 3.8) is 0 Å². The zero-order valence-corrected chi connectivity index (χ0v) is 91.0. The number of amides is 1. The van der Waals surface area contributed by atoms with Crippen molar-refractivity contribution in [2.75, 3.05) is 178 Å². The highest BCUT2D eigenvalue weighted by Gasteiger charge is 2.40. The molecule has 11 aliphatic heterocycles. The molecule has 7 atom stereocenters. The first kappa shape index (κ1) is 124. The predicted molar refractivity (Wildman–Crippen MR) is 547 cm³/mol. The lowest BCUT2D eigenvalue weighted by atomic mass is 9.94. The molecule has 754 valence electrons. The summed E-state index contributed by atoms with van der Waals surface area (Å²) < 4.78 is 15.6. The quantitative estimate of drug-likeness (QED) is 0.169. The number of piperazine rings is 1. The molecule has 5 N–H and O–H groups in total. The van der Waals surface area contributed by atoms with Gasteiger partial charge >= 0.3 is 6.09 Å². The Hall–Kier alpha value is -1.67. The third-order valence-corrected chi connectivity index (χ3v) is 27.0. The van der Waals surface area contributed by atoms with Crippen LogP contribution in [0.25, 0.3) is 0 Å². The lowest BCUT2D eigenvalue weighted by molar-refractivity contribution is -0.0588. The number of ether oxygens (including phenoxy) is 3. The minimum Gasteiger partial charge on any atom is -0.453 e. The summed E-state index contributed by atoms with van der Waals surface area (Å²) in [7, 11) is 1.36. The van der Waals surface area contributed by atoms with Crippen LogP contribution in [0.15, 0.2) is 11.6 Å². The van der Waals surface area contributed by atoms with Gasteiger partial charge in [0.15, 0.2) is 0 Å². The second-order valence-corrected chi connectivity index (χ2v) is 50.3. The predicted octanol–water partition coefficient (Wildman–Crippen LogP) is 19.9. The molecule has 10 fully saturated rings. The van der Waals surface area contributed by atoms with Crippen molar-refractivity contribution in [3.8, 4) is 0 Å². The lowest BCUT2D eigenvalue weighted by Gasteiger charge is -2.46. The topological polar surface area (TPSA) is 165 Å². The van der Waals surface area contributed by atoms with Crippen LogP contribution in [-0.4, -0.2) is 350 Å². The first-order valence-electron chi connectivity index (χ1n) is 50.7. The van der Waals surface area contributed by atoms with Crippen molar-refractivity contribution in [3.05, 3.63) is 11.6 Å². The molecule has 0 aromatic rings. The number of carbonyl (C=O) groups excluding carboxylic acids is 1. The van der Waals surface area contributed by atoms with E-state index < -0.39 is 6.09 Å². The maximum absolute atomic E-state index is 11.1. The molecule has 126 heavy (non-hydrogen) atoms. The van der Waals surface area contributed by atoms with E-state index in [9.17, 15) is 15.0 Å². The van der Waals surface area contributed by atoms with Crippen molar-refractivity contribution in [1.82, 2.24) is 64.5 Å². The molecule has 20 heteroatoms. The number of methoxy groups -OCH3 is 1. The number of carbonyl (C=O) groups is 1. The molecule has 0 spiro atoms. The molecule has 0 radical (unpaired) electrons. The summed E-state index contributed by atoms with van der Waals surface area (Å²) in [6.07, 6.45) is 20.5. The highest BCUT2D eigenvalue weighted by Crippen LogP contribution is 2.31. The smallest absolute Gasteiger partial charge is 0.407 e. The standard InChI is InChI=1S/C11H22N2O3.2C10H21NO.C10H21N.C10H19N.2C10H21N.C9H20N2O.C9H19NO.2C8H17N.CH4/c1-11(2,3)13-6-8(5-9(13)7-14)12-10(15)16-4;1-10(2,3)11-7-5-4-6-9(12)8-11;1-5-9-8-11(6-7-12-9)10(2,3)4;2*1-9-5-7-11(8-6-9)10(2,3)4;1-9-6-5-7-11(8-9)10(2,3)4;1-10(2,3)11-8-6-4-5-7-9-11;1-9(2,3)11-5-4-10-8(6-11)7-12;1-8-7-10(5-6-11-8)9(2,3)4;2*1-7-5-9(6-7)8(2,3)4;/h8-9,14H,5-7H2,1-4H3,(H,12,15);9,12H,4-8H2,1-3H3;9H,5-8H2,1-4H3;9H,5-8H2,1-4H3;5H,6-8H2,1-4H3;9H,5-8H2,1-4H3;4-9H2,1-3H3;8,10,12H,4-7H2,1-3H3;8H,5-7H2,1-4H3;2*7H,5-6H2,1-4H3;1H4. The number of morpholine rings is 2. The van der Waals surface area contributed by atoms with E-state index in [-0.39, 0.29) is 61.5 Å². The number of alkyl carbamates (subject to hydrolysis) is 1. The number of aliphatic hydroxyl groups is 3. The number of β-amino-alcohol motifs (C(OH)–C–C–N with tert-alkyl or cyclic N) is 1. The molecule has 0 aromatic carbocycles. The maximum atomic E-state index is 11.1. The van der Waals surface area contributed by atoms with Gasteiger partial charge < -0.3 is 40.2 Å². The van der Waals surface area contributed by atoms with E-state index in [4.69, 9.17) is 14.6 Å². The fourth-order valence-corrected chi connectivity index (χ4v) is 17.6. The summed E-state index contributed by atoms with van der Waals surface area (Å²) in [4.78, 5) is 38.4. The monoisotopic (exact) mass is 1790 g/mol. The fraction of sp³-hybridized carbons (Fsp3) is 0.972. The molecule has 11 aliphatic rings. The Balaban J connectivity index is 0.00000137. The molecule has 0 bridgehead atoms. The summed E-state index contributed by atoms with van der Waals surface area (Å²) in [5.74, 6) is 3.73. The average molecular weight is 1790 g/mol. The van der Waals surface area contributed by atoms with Crippen LogP contribution in [0.2, 0.25) is 0 Å². The number of piperidine rings is 2. The number of rotatable bonds is 4. The van der Waals surface area contributed by atoms with Gasteiger partial charge in [-0.2, -0.15) is 0 Å². The molecule has 10 saturated heterocycles. The Kier molecular flexibility index (Phi) is 56.6. The van der Waals surface area contributed by atoms with Gasteiger partial charge in [-0.15, -0.1) is 0 Å².